The number of aryl methyl sites for hydroxylation is 1. The van der Waals surface area contributed by atoms with Crippen LogP contribution in [0.15, 0.2) is 73.1 Å². The van der Waals surface area contributed by atoms with Gasteiger partial charge >= 0.3 is 12.0 Å². The summed E-state index contributed by atoms with van der Waals surface area (Å²) in [6.07, 6.45) is 1.28. The largest absolute Gasteiger partial charge is 0.424 e. The summed E-state index contributed by atoms with van der Waals surface area (Å²) in [7, 11) is 0. The Morgan fingerprint density at radius 3 is 2.54 bits per heavy atom. The molecule has 4 rings (SSSR count). The van der Waals surface area contributed by atoms with E-state index in [0.717, 1.165) is 16.3 Å². The number of benzene rings is 3. The first-order valence-corrected chi connectivity index (χ1v) is 8.67. The lowest BCUT2D eigenvalue weighted by Gasteiger charge is -2.09. The van der Waals surface area contributed by atoms with Crippen LogP contribution in [-0.4, -0.2) is 21.0 Å². The molecule has 0 spiro atoms. The molecule has 0 unspecified atom stereocenters. The number of ether oxygens (including phenoxy) is 1. The average Bonchev–Trinajstić information content (AvgIpc) is 2.70. The second-order valence-electron chi connectivity index (χ2n) is 6.10. The zero-order valence-corrected chi connectivity index (χ0v) is 15.1. The summed E-state index contributed by atoms with van der Waals surface area (Å²) in [6, 6.07) is 20.8. The fourth-order valence-corrected chi connectivity index (χ4v) is 2.70. The topological polar surface area (TPSA) is 89.0 Å². The van der Waals surface area contributed by atoms with Gasteiger partial charge in [0.25, 0.3) is 0 Å². The molecule has 3 aromatic carbocycles. The molecular weight excluding hydrogens is 354 g/mol. The number of rotatable bonds is 4. The maximum Gasteiger partial charge on any atom is 0.326 e. The van der Waals surface area contributed by atoms with E-state index in [2.05, 4.69) is 25.6 Å². The van der Waals surface area contributed by atoms with Crippen LogP contribution in [0.1, 0.15) is 5.56 Å². The van der Waals surface area contributed by atoms with E-state index in [4.69, 9.17) is 4.74 Å². The molecule has 1 heterocycles. The molecule has 0 aliphatic rings. The number of nitrogens with zero attached hydrogens (tertiary/aromatic N) is 3. The summed E-state index contributed by atoms with van der Waals surface area (Å²) in [5.41, 5.74) is 1.66. The predicted octanol–water partition coefficient (Wildman–Crippen LogP) is 4.77. The van der Waals surface area contributed by atoms with Gasteiger partial charge in [-0.2, -0.15) is 9.97 Å². The standard InChI is InChI=1S/C21H17N5O2/c1-14-6-2-5-9-18(14)24-20(27)25-19-22-13-23-21(26-19)28-17-11-10-15-7-3-4-8-16(15)12-17/h2-13H,1H3,(H2,22,23,24,25,26,27). The third-order valence-electron chi connectivity index (χ3n) is 4.10. The smallest absolute Gasteiger partial charge is 0.326 e. The van der Waals surface area contributed by atoms with Crippen LogP contribution < -0.4 is 15.4 Å². The van der Waals surface area contributed by atoms with E-state index in [1.165, 1.54) is 6.33 Å². The number of hydrogen-bond acceptors (Lipinski definition) is 5. The van der Waals surface area contributed by atoms with E-state index in [9.17, 15) is 4.79 Å². The molecule has 2 amide bonds. The molecule has 2 N–H and O–H groups in total. The molecule has 4 aromatic rings. The van der Waals surface area contributed by atoms with Crippen LogP contribution >= 0.6 is 0 Å². The van der Waals surface area contributed by atoms with Crippen LogP contribution in [0, 0.1) is 6.92 Å². The number of nitrogens with one attached hydrogen (secondary N) is 2. The maximum atomic E-state index is 12.2. The highest BCUT2D eigenvalue weighted by atomic mass is 16.5. The SMILES string of the molecule is Cc1ccccc1NC(=O)Nc1ncnc(Oc2ccc3ccccc3c2)n1. The second kappa shape index (κ2) is 7.71. The Morgan fingerprint density at radius 1 is 0.893 bits per heavy atom. The number of amides is 2. The normalized spacial score (nSPS) is 10.5. The quantitative estimate of drug-likeness (QED) is 0.539. The van der Waals surface area contributed by atoms with Gasteiger partial charge in [-0.1, -0.05) is 48.5 Å². The molecule has 1 aromatic heterocycles. The predicted molar refractivity (Wildman–Crippen MR) is 108 cm³/mol. The van der Waals surface area contributed by atoms with Crippen LogP contribution in [0.5, 0.6) is 11.8 Å². The minimum Gasteiger partial charge on any atom is -0.424 e. The lowest BCUT2D eigenvalue weighted by atomic mass is 10.1. The van der Waals surface area contributed by atoms with Crippen LogP contribution in [-0.2, 0) is 0 Å². The lowest BCUT2D eigenvalue weighted by Crippen LogP contribution is -2.21. The van der Waals surface area contributed by atoms with Gasteiger partial charge in [0.1, 0.15) is 12.1 Å². The molecule has 0 radical (unpaired) electrons. The van der Waals surface area contributed by atoms with E-state index in [0.29, 0.717) is 11.4 Å². The third kappa shape index (κ3) is 4.04. The number of anilines is 2. The first-order valence-electron chi connectivity index (χ1n) is 8.67. The van der Waals surface area contributed by atoms with Crippen molar-refractivity contribution in [2.24, 2.45) is 0 Å². The number of aromatic nitrogens is 3. The summed E-state index contributed by atoms with van der Waals surface area (Å²) in [5, 5.41) is 7.50. The third-order valence-corrected chi connectivity index (χ3v) is 4.10. The Morgan fingerprint density at radius 2 is 1.68 bits per heavy atom. The van der Waals surface area contributed by atoms with E-state index >= 15 is 0 Å². The summed E-state index contributed by atoms with van der Waals surface area (Å²) in [6.45, 7) is 1.91. The highest BCUT2D eigenvalue weighted by Gasteiger charge is 2.09. The van der Waals surface area contributed by atoms with Gasteiger partial charge in [-0.3, -0.25) is 5.32 Å². The zero-order chi connectivity index (χ0) is 19.3. The molecule has 0 aliphatic carbocycles. The van der Waals surface area contributed by atoms with Crippen molar-refractivity contribution in [3.63, 3.8) is 0 Å². The fraction of sp³-hybridized carbons (Fsp3) is 0.0476. The molecule has 0 saturated carbocycles. The minimum atomic E-state index is -0.447. The van der Waals surface area contributed by atoms with Crippen molar-refractivity contribution >= 4 is 28.4 Å². The molecule has 0 saturated heterocycles. The molecule has 0 fully saturated rings. The molecule has 138 valence electrons. The Labute approximate surface area is 161 Å². The van der Waals surface area contributed by atoms with Crippen molar-refractivity contribution in [2.75, 3.05) is 10.6 Å². The number of hydrogen-bond donors (Lipinski definition) is 2. The zero-order valence-electron chi connectivity index (χ0n) is 15.1. The van der Waals surface area contributed by atoms with Crippen LogP contribution in [0.25, 0.3) is 10.8 Å². The molecule has 28 heavy (non-hydrogen) atoms. The van der Waals surface area contributed by atoms with Crippen molar-refractivity contribution in [1.29, 1.82) is 0 Å². The van der Waals surface area contributed by atoms with Gasteiger partial charge in [-0.15, -0.1) is 0 Å². The number of carbonyl (C=O) groups is 1. The first kappa shape index (κ1) is 17.4. The van der Waals surface area contributed by atoms with Gasteiger partial charge in [-0.05, 0) is 41.5 Å². The number of para-hydroxylation sites is 1. The Bertz CT molecular complexity index is 1150. The highest BCUT2D eigenvalue weighted by molar-refractivity contribution is 5.99. The van der Waals surface area contributed by atoms with E-state index < -0.39 is 6.03 Å². The molecule has 0 aliphatic heterocycles. The van der Waals surface area contributed by atoms with Gasteiger partial charge in [0, 0.05) is 5.69 Å². The van der Waals surface area contributed by atoms with Crippen LogP contribution in [0.2, 0.25) is 0 Å². The Hall–Kier alpha value is -4.00. The maximum absolute atomic E-state index is 12.2. The Kier molecular flexibility index (Phi) is 4.79. The monoisotopic (exact) mass is 371 g/mol. The van der Waals surface area contributed by atoms with Gasteiger partial charge in [0.2, 0.25) is 5.95 Å². The van der Waals surface area contributed by atoms with Crippen molar-refractivity contribution < 1.29 is 9.53 Å². The van der Waals surface area contributed by atoms with Gasteiger partial charge in [-0.25, -0.2) is 9.78 Å². The fourth-order valence-electron chi connectivity index (χ4n) is 2.70. The van der Waals surface area contributed by atoms with E-state index in [-0.39, 0.29) is 12.0 Å². The molecule has 0 atom stereocenters. The van der Waals surface area contributed by atoms with Crippen molar-refractivity contribution in [2.45, 2.75) is 6.92 Å². The van der Waals surface area contributed by atoms with Crippen molar-refractivity contribution in [3.8, 4) is 11.8 Å². The summed E-state index contributed by atoms with van der Waals surface area (Å²) in [4.78, 5) is 24.3. The number of urea groups is 1. The Balaban J connectivity index is 1.46. The number of fused-ring (bicyclic) bond motifs is 1. The van der Waals surface area contributed by atoms with Crippen LogP contribution in [0.3, 0.4) is 0 Å². The number of carbonyl (C=O) groups excluding carboxylic acids is 1. The molecule has 0 bridgehead atoms. The second-order valence-corrected chi connectivity index (χ2v) is 6.10. The summed E-state index contributed by atoms with van der Waals surface area (Å²) >= 11 is 0. The molecule has 7 heteroatoms. The van der Waals surface area contributed by atoms with E-state index in [1.54, 1.807) is 0 Å². The average molecular weight is 371 g/mol. The molecule has 7 nitrogen and oxygen atoms in total. The van der Waals surface area contributed by atoms with E-state index in [1.807, 2.05) is 73.7 Å². The highest BCUT2D eigenvalue weighted by Crippen LogP contribution is 2.24. The summed E-state index contributed by atoms with van der Waals surface area (Å²) < 4.78 is 5.71. The lowest BCUT2D eigenvalue weighted by molar-refractivity contribution is 0.262. The minimum absolute atomic E-state index is 0.0940. The van der Waals surface area contributed by atoms with Crippen LogP contribution in [0.4, 0.5) is 16.4 Å². The van der Waals surface area contributed by atoms with Crippen molar-refractivity contribution in [3.05, 3.63) is 78.6 Å². The van der Waals surface area contributed by atoms with Gasteiger partial charge < -0.3 is 10.1 Å². The van der Waals surface area contributed by atoms with Gasteiger partial charge in [0.05, 0.1) is 0 Å². The van der Waals surface area contributed by atoms with Gasteiger partial charge in [0.15, 0.2) is 0 Å². The first-order chi connectivity index (χ1) is 13.7. The summed E-state index contributed by atoms with van der Waals surface area (Å²) in [5.74, 6) is 0.692. The molecular formula is C21H17N5O2. The van der Waals surface area contributed by atoms with Crippen molar-refractivity contribution in [1.82, 2.24) is 15.0 Å².